The van der Waals surface area contributed by atoms with Crippen LogP contribution >= 0.6 is 0 Å². The van der Waals surface area contributed by atoms with E-state index in [1.165, 1.54) is 11.0 Å². The fourth-order valence-corrected chi connectivity index (χ4v) is 5.77. The third kappa shape index (κ3) is 4.39. The number of alkyl halides is 3. The molecule has 0 spiro atoms. The van der Waals surface area contributed by atoms with E-state index in [1.54, 1.807) is 18.5 Å². The zero-order chi connectivity index (χ0) is 26.7. The van der Waals surface area contributed by atoms with Gasteiger partial charge in [0.25, 0.3) is 5.91 Å². The summed E-state index contributed by atoms with van der Waals surface area (Å²) in [7, 11) is 1.88. The van der Waals surface area contributed by atoms with E-state index in [4.69, 9.17) is 4.74 Å². The molecule has 1 saturated heterocycles. The maximum Gasteiger partial charge on any atom is 0.416 e. The molecule has 2 aromatic carbocycles. The lowest BCUT2D eigenvalue weighted by molar-refractivity contribution is -0.138. The van der Waals surface area contributed by atoms with E-state index in [1.807, 2.05) is 29.8 Å². The van der Waals surface area contributed by atoms with Gasteiger partial charge in [-0.2, -0.15) is 13.2 Å². The van der Waals surface area contributed by atoms with Crippen molar-refractivity contribution in [2.24, 2.45) is 13.0 Å². The van der Waals surface area contributed by atoms with Crippen molar-refractivity contribution in [1.29, 1.82) is 0 Å². The molecule has 0 bridgehead atoms. The Kier molecular flexibility index (Phi) is 6.07. The van der Waals surface area contributed by atoms with Crippen molar-refractivity contribution in [3.8, 4) is 0 Å². The molecule has 3 heterocycles. The Hall–Kier alpha value is -3.24. The van der Waals surface area contributed by atoms with Gasteiger partial charge in [-0.25, -0.2) is 0 Å². The zero-order valence-electron chi connectivity index (χ0n) is 21.4. The normalized spacial score (nSPS) is 19.7. The van der Waals surface area contributed by atoms with Gasteiger partial charge in [0.05, 0.1) is 31.2 Å². The number of halogens is 3. The van der Waals surface area contributed by atoms with Gasteiger partial charge in [0, 0.05) is 36.3 Å². The summed E-state index contributed by atoms with van der Waals surface area (Å²) < 4.78 is 49.8. The first kappa shape index (κ1) is 25.1. The quantitative estimate of drug-likeness (QED) is 0.480. The van der Waals surface area contributed by atoms with Crippen molar-refractivity contribution >= 4 is 11.6 Å². The summed E-state index contributed by atoms with van der Waals surface area (Å²) in [4.78, 5) is 15.0. The second-order valence-electron chi connectivity index (χ2n) is 11.0. The largest absolute Gasteiger partial charge is 0.416 e. The summed E-state index contributed by atoms with van der Waals surface area (Å²) in [5, 5.41) is 11.7. The average Bonchev–Trinajstić information content (AvgIpc) is 3.40. The number of aromatic nitrogens is 3. The minimum atomic E-state index is -4.56. The van der Waals surface area contributed by atoms with Gasteiger partial charge in [-0.1, -0.05) is 12.1 Å². The van der Waals surface area contributed by atoms with E-state index in [-0.39, 0.29) is 35.0 Å². The Bertz CT molecular complexity index is 1380. The lowest BCUT2D eigenvalue weighted by atomic mass is 9.78. The lowest BCUT2D eigenvalue weighted by Gasteiger charge is -2.39. The minimum Gasteiger partial charge on any atom is -0.381 e. The summed E-state index contributed by atoms with van der Waals surface area (Å²) in [5.74, 6) is 0.460. The highest BCUT2D eigenvalue weighted by Crippen LogP contribution is 2.41. The van der Waals surface area contributed by atoms with Crippen LogP contribution in [0.5, 0.6) is 0 Å². The second-order valence-corrected chi connectivity index (χ2v) is 11.0. The number of aryl methyl sites for hydroxylation is 1. The molecule has 0 unspecified atom stereocenters. The summed E-state index contributed by atoms with van der Waals surface area (Å²) in [6, 6.07) is 10.3. The number of anilines is 1. The predicted molar refractivity (Wildman–Crippen MR) is 135 cm³/mol. The Morgan fingerprint density at radius 3 is 2.61 bits per heavy atom. The van der Waals surface area contributed by atoms with Crippen LogP contribution in [0.15, 0.2) is 42.7 Å². The molecule has 200 valence electrons. The molecule has 1 aromatic heterocycles. The van der Waals surface area contributed by atoms with E-state index >= 15 is 0 Å². The fourth-order valence-electron chi connectivity index (χ4n) is 5.77. The van der Waals surface area contributed by atoms with Crippen LogP contribution in [0.25, 0.3) is 0 Å². The van der Waals surface area contributed by atoms with Gasteiger partial charge in [-0.3, -0.25) is 4.79 Å². The molecular weight excluding hydrogens is 495 g/mol. The van der Waals surface area contributed by atoms with Crippen LogP contribution in [0, 0.1) is 5.92 Å². The molecule has 10 heteroatoms. The minimum absolute atomic E-state index is 0.0313. The summed E-state index contributed by atoms with van der Waals surface area (Å²) >= 11 is 0. The maximum absolute atomic E-state index is 14.2. The molecule has 1 saturated carbocycles. The van der Waals surface area contributed by atoms with Gasteiger partial charge in [-0.05, 0) is 67.1 Å². The van der Waals surface area contributed by atoms with E-state index in [0.29, 0.717) is 31.0 Å². The first-order valence-electron chi connectivity index (χ1n) is 12.9. The van der Waals surface area contributed by atoms with E-state index in [0.717, 1.165) is 30.7 Å². The van der Waals surface area contributed by atoms with Gasteiger partial charge >= 0.3 is 6.18 Å². The van der Waals surface area contributed by atoms with Gasteiger partial charge < -0.3 is 19.5 Å². The average molecular weight is 526 g/mol. The number of benzene rings is 2. The number of amides is 1. The number of nitrogens with zero attached hydrogens (tertiary/aromatic N) is 4. The highest BCUT2D eigenvalue weighted by atomic mass is 19.4. The Morgan fingerprint density at radius 1 is 1.21 bits per heavy atom. The smallest absolute Gasteiger partial charge is 0.381 e. The van der Waals surface area contributed by atoms with Gasteiger partial charge in [0.1, 0.15) is 12.2 Å². The predicted octanol–water partition coefficient (Wildman–Crippen LogP) is 4.80. The number of rotatable bonds is 7. The van der Waals surface area contributed by atoms with Crippen molar-refractivity contribution in [1.82, 2.24) is 20.1 Å². The van der Waals surface area contributed by atoms with Gasteiger partial charge in [0.2, 0.25) is 0 Å². The molecule has 7 nitrogen and oxygen atoms in total. The van der Waals surface area contributed by atoms with Crippen molar-refractivity contribution in [2.45, 2.75) is 56.9 Å². The van der Waals surface area contributed by atoms with Crippen molar-refractivity contribution in [2.75, 3.05) is 18.1 Å². The van der Waals surface area contributed by atoms with Crippen LogP contribution in [-0.4, -0.2) is 39.4 Å². The van der Waals surface area contributed by atoms with Crippen LogP contribution in [0.3, 0.4) is 0 Å². The molecule has 2 fully saturated rings. The third-order valence-corrected chi connectivity index (χ3v) is 8.28. The molecule has 38 heavy (non-hydrogen) atoms. The fraction of sp³-hybridized carbons (Fsp3) is 0.464. The molecule has 1 aliphatic carbocycles. The van der Waals surface area contributed by atoms with E-state index < -0.39 is 17.6 Å². The van der Waals surface area contributed by atoms with Crippen LogP contribution in [0.2, 0.25) is 0 Å². The first-order chi connectivity index (χ1) is 18.1. The molecule has 1 N–H and O–H groups in total. The molecule has 2 aliphatic heterocycles. The number of nitrogens with one attached hydrogen (secondary N) is 1. The molecule has 1 atom stereocenters. The number of carbonyl (C=O) groups is 1. The number of hydrogen-bond donors (Lipinski definition) is 1. The number of ether oxygens (including phenoxy) is 1. The second kappa shape index (κ2) is 9.20. The number of carbonyl (C=O) groups excluding carboxylic acids is 1. The molecule has 1 amide bonds. The summed E-state index contributed by atoms with van der Waals surface area (Å²) in [6.45, 7) is 3.41. The van der Waals surface area contributed by atoms with Crippen LogP contribution in [0.1, 0.15) is 70.5 Å². The summed E-state index contributed by atoms with van der Waals surface area (Å²) in [5.41, 5.74) is 1.32. The number of fused-ring (bicyclic) bond motifs is 1. The van der Waals surface area contributed by atoms with Crippen LogP contribution in [-0.2, 0) is 31.1 Å². The highest BCUT2D eigenvalue weighted by molar-refractivity contribution is 6.10. The maximum atomic E-state index is 14.2. The topological polar surface area (TPSA) is 72.3 Å². The highest BCUT2D eigenvalue weighted by Gasteiger charge is 2.41. The van der Waals surface area contributed by atoms with Gasteiger partial charge in [-0.15, -0.1) is 10.2 Å². The molecule has 3 aromatic rings. The Balaban J connectivity index is 1.33. The SMILES string of the molecule is Cn1cnnc1[C@@H](c1cccc(N2Cc3c(cc(CNC4(C)CCC4)cc3C(F)(F)F)C2=O)c1)C1COC1. The van der Waals surface area contributed by atoms with Crippen LogP contribution < -0.4 is 10.2 Å². The van der Waals surface area contributed by atoms with Crippen LogP contribution in [0.4, 0.5) is 18.9 Å². The van der Waals surface area contributed by atoms with Crippen molar-refractivity contribution in [3.05, 3.63) is 76.4 Å². The number of hydrogen-bond acceptors (Lipinski definition) is 5. The Labute approximate surface area is 219 Å². The van der Waals surface area contributed by atoms with Crippen molar-refractivity contribution < 1.29 is 22.7 Å². The standard InChI is InChI=1S/C28H30F3N5O2/c1-27(7-4-8-27)32-12-17-9-21-22(23(10-17)28(29,30)31)13-36(26(21)37)20-6-3-5-18(11-20)24(19-14-38-15-19)25-34-33-16-35(25)2/h3,5-6,9-11,16,19,24,32H,4,7-8,12-15H2,1-2H3/t24-/m0/s1. The van der Waals surface area contributed by atoms with Crippen molar-refractivity contribution in [3.63, 3.8) is 0 Å². The third-order valence-electron chi connectivity index (χ3n) is 8.28. The molecular formula is C28H30F3N5O2. The summed E-state index contributed by atoms with van der Waals surface area (Å²) in [6.07, 6.45) is 0.187. The monoisotopic (exact) mass is 525 g/mol. The van der Waals surface area contributed by atoms with Gasteiger partial charge in [0.15, 0.2) is 0 Å². The molecule has 3 aliphatic rings. The van der Waals surface area contributed by atoms with E-state index in [2.05, 4.69) is 22.4 Å². The molecule has 6 rings (SSSR count). The zero-order valence-corrected chi connectivity index (χ0v) is 21.4. The van der Waals surface area contributed by atoms with E-state index in [9.17, 15) is 18.0 Å². The Morgan fingerprint density at radius 2 is 2.00 bits per heavy atom. The molecule has 0 radical (unpaired) electrons. The first-order valence-corrected chi connectivity index (χ1v) is 12.9. The lowest BCUT2D eigenvalue weighted by Crippen LogP contribution is -2.47.